The number of guanidine groups is 1. The molecule has 0 unspecified atom stereocenters. The van der Waals surface area contributed by atoms with Crippen molar-refractivity contribution < 1.29 is 9.47 Å². The number of nitrogens with zero attached hydrogens (tertiary/aromatic N) is 2. The Bertz CT molecular complexity index is 461. The number of benzene rings is 1. The van der Waals surface area contributed by atoms with Crippen molar-refractivity contribution in [2.45, 2.75) is 0 Å². The molecule has 0 aliphatic rings. The number of ether oxygens (including phenoxy) is 2. The molecule has 0 aliphatic carbocycles. The number of hydrogen-bond acceptors (Lipinski definition) is 4. The van der Waals surface area contributed by atoms with Crippen LogP contribution in [0.1, 0.15) is 5.56 Å². The molecule has 0 heterocycles. The van der Waals surface area contributed by atoms with Crippen LogP contribution < -0.4 is 20.9 Å². The predicted molar refractivity (Wildman–Crippen MR) is 77.9 cm³/mol. The van der Waals surface area contributed by atoms with Crippen molar-refractivity contribution in [2.75, 3.05) is 14.2 Å². The summed E-state index contributed by atoms with van der Waals surface area (Å²) in [6.45, 7) is 0. The molecule has 6 nitrogen and oxygen atoms in total. The van der Waals surface area contributed by atoms with Gasteiger partial charge in [0.15, 0.2) is 0 Å². The second-order valence-electron chi connectivity index (χ2n) is 3.00. The highest BCUT2D eigenvalue weighted by molar-refractivity contribution is 9.10. The van der Waals surface area contributed by atoms with Crippen molar-refractivity contribution in [3.05, 3.63) is 22.2 Å². The molecular formula is C10H14BrClN4O2. The van der Waals surface area contributed by atoms with Crippen LogP contribution in [0.2, 0.25) is 0 Å². The van der Waals surface area contributed by atoms with Gasteiger partial charge in [-0.1, -0.05) is 0 Å². The van der Waals surface area contributed by atoms with Gasteiger partial charge in [-0.15, -0.1) is 17.5 Å². The highest BCUT2D eigenvalue weighted by atomic mass is 79.9. The number of hydrogen-bond donors (Lipinski definition) is 2. The molecule has 0 spiro atoms. The average molecular weight is 338 g/mol. The van der Waals surface area contributed by atoms with E-state index in [4.69, 9.17) is 20.9 Å². The Labute approximate surface area is 120 Å². The Morgan fingerprint density at radius 1 is 1.22 bits per heavy atom. The van der Waals surface area contributed by atoms with Crippen molar-refractivity contribution >= 4 is 40.5 Å². The zero-order chi connectivity index (χ0) is 12.8. The predicted octanol–water partition coefficient (Wildman–Crippen LogP) is 1.50. The van der Waals surface area contributed by atoms with Crippen LogP contribution in [0, 0.1) is 0 Å². The summed E-state index contributed by atoms with van der Waals surface area (Å²) < 4.78 is 11.1. The van der Waals surface area contributed by atoms with E-state index >= 15 is 0 Å². The summed E-state index contributed by atoms with van der Waals surface area (Å²) >= 11 is 3.36. The maximum absolute atomic E-state index is 5.20. The lowest BCUT2D eigenvalue weighted by atomic mass is 10.2. The minimum Gasteiger partial charge on any atom is -0.496 e. The van der Waals surface area contributed by atoms with Gasteiger partial charge in [0.25, 0.3) is 0 Å². The van der Waals surface area contributed by atoms with Crippen LogP contribution in [-0.4, -0.2) is 26.4 Å². The lowest BCUT2D eigenvalue weighted by Gasteiger charge is -2.08. The van der Waals surface area contributed by atoms with Crippen molar-refractivity contribution in [1.82, 2.24) is 0 Å². The van der Waals surface area contributed by atoms with E-state index in [9.17, 15) is 0 Å². The molecule has 1 rings (SSSR count). The molecular weight excluding hydrogens is 323 g/mol. The summed E-state index contributed by atoms with van der Waals surface area (Å²) in [5.41, 5.74) is 11.0. The van der Waals surface area contributed by atoms with Gasteiger partial charge in [0, 0.05) is 11.6 Å². The molecule has 0 aliphatic heterocycles. The third-order valence-corrected chi connectivity index (χ3v) is 2.49. The fraction of sp³-hybridized carbons (Fsp3) is 0.200. The van der Waals surface area contributed by atoms with Crippen LogP contribution in [0.3, 0.4) is 0 Å². The summed E-state index contributed by atoms with van der Waals surface area (Å²) in [5.74, 6) is 1.17. The molecule has 8 heteroatoms. The Hall–Kier alpha value is -1.47. The summed E-state index contributed by atoms with van der Waals surface area (Å²) in [5, 5.41) is 7.22. The second-order valence-corrected chi connectivity index (χ2v) is 3.85. The monoisotopic (exact) mass is 336 g/mol. The first-order chi connectivity index (χ1) is 8.08. The molecule has 100 valence electrons. The minimum absolute atomic E-state index is 0. The van der Waals surface area contributed by atoms with Gasteiger partial charge in [-0.05, 0) is 22.0 Å². The highest BCUT2D eigenvalue weighted by Crippen LogP contribution is 2.31. The Morgan fingerprint density at radius 3 is 2.33 bits per heavy atom. The Balaban J connectivity index is 0.00000289. The summed E-state index contributed by atoms with van der Waals surface area (Å²) in [6.07, 6.45) is 1.49. The third kappa shape index (κ3) is 4.42. The number of halogens is 2. The van der Waals surface area contributed by atoms with Gasteiger partial charge >= 0.3 is 0 Å². The Kier molecular flexibility index (Phi) is 7.14. The molecule has 18 heavy (non-hydrogen) atoms. The van der Waals surface area contributed by atoms with E-state index in [0.29, 0.717) is 11.5 Å². The van der Waals surface area contributed by atoms with Gasteiger partial charge in [-0.3, -0.25) is 0 Å². The van der Waals surface area contributed by atoms with Gasteiger partial charge in [0.05, 0.1) is 24.9 Å². The topological polar surface area (TPSA) is 95.2 Å². The van der Waals surface area contributed by atoms with Crippen molar-refractivity contribution in [2.24, 2.45) is 21.7 Å². The van der Waals surface area contributed by atoms with E-state index in [1.807, 2.05) is 0 Å². The molecule has 1 aromatic rings. The van der Waals surface area contributed by atoms with Gasteiger partial charge < -0.3 is 20.9 Å². The fourth-order valence-electron chi connectivity index (χ4n) is 1.14. The average Bonchev–Trinajstić information content (AvgIpc) is 2.29. The first kappa shape index (κ1) is 16.5. The van der Waals surface area contributed by atoms with Crippen LogP contribution in [0.15, 0.2) is 26.8 Å². The molecule has 0 radical (unpaired) electrons. The number of methoxy groups -OCH3 is 2. The van der Waals surface area contributed by atoms with Crippen LogP contribution in [-0.2, 0) is 0 Å². The van der Waals surface area contributed by atoms with E-state index in [1.54, 1.807) is 26.4 Å². The molecule has 0 aromatic heterocycles. The molecule has 0 saturated heterocycles. The van der Waals surface area contributed by atoms with Crippen LogP contribution >= 0.6 is 28.3 Å². The number of nitrogens with two attached hydrogens (primary N) is 2. The first-order valence-electron chi connectivity index (χ1n) is 4.62. The van der Waals surface area contributed by atoms with E-state index in [1.165, 1.54) is 6.21 Å². The Morgan fingerprint density at radius 2 is 1.83 bits per heavy atom. The van der Waals surface area contributed by atoms with Crippen molar-refractivity contribution in [3.8, 4) is 11.5 Å². The summed E-state index contributed by atoms with van der Waals surface area (Å²) in [4.78, 5) is 0. The summed E-state index contributed by atoms with van der Waals surface area (Å²) in [6, 6.07) is 3.53. The molecule has 1 aromatic carbocycles. The van der Waals surface area contributed by atoms with E-state index in [2.05, 4.69) is 26.1 Å². The van der Waals surface area contributed by atoms with Crippen LogP contribution in [0.5, 0.6) is 11.5 Å². The van der Waals surface area contributed by atoms with E-state index in [0.717, 1.165) is 10.0 Å². The zero-order valence-corrected chi connectivity index (χ0v) is 12.3. The maximum Gasteiger partial charge on any atom is 0.211 e. The molecule has 0 atom stereocenters. The molecule has 0 bridgehead atoms. The van der Waals surface area contributed by atoms with E-state index < -0.39 is 0 Å². The SMILES string of the molecule is COc1cc(OC)c(C=NN=C(N)N)cc1Br.Cl. The molecule has 0 fully saturated rings. The lowest BCUT2D eigenvalue weighted by molar-refractivity contribution is 0.392. The molecule has 0 saturated carbocycles. The lowest BCUT2D eigenvalue weighted by Crippen LogP contribution is -2.21. The largest absolute Gasteiger partial charge is 0.496 e. The van der Waals surface area contributed by atoms with Crippen LogP contribution in [0.4, 0.5) is 0 Å². The van der Waals surface area contributed by atoms with Gasteiger partial charge in [-0.25, -0.2) is 0 Å². The normalized spacial score (nSPS) is 9.72. The molecule has 0 amide bonds. The van der Waals surface area contributed by atoms with Gasteiger partial charge in [0.2, 0.25) is 5.96 Å². The summed E-state index contributed by atoms with van der Waals surface area (Å²) in [7, 11) is 3.13. The second kappa shape index (κ2) is 7.78. The van der Waals surface area contributed by atoms with Crippen molar-refractivity contribution in [1.29, 1.82) is 0 Å². The first-order valence-corrected chi connectivity index (χ1v) is 5.41. The fourth-order valence-corrected chi connectivity index (χ4v) is 1.66. The quantitative estimate of drug-likeness (QED) is 0.494. The maximum atomic E-state index is 5.20. The van der Waals surface area contributed by atoms with Crippen LogP contribution in [0.25, 0.3) is 0 Å². The standard InChI is InChI=1S/C10H13BrN4O2.ClH/c1-16-8-4-9(17-2)7(11)3-6(8)5-14-15-10(12)13;/h3-5H,1-2H3,(H4,12,13,15);1H. The third-order valence-electron chi connectivity index (χ3n) is 1.87. The minimum atomic E-state index is -0.104. The highest BCUT2D eigenvalue weighted by Gasteiger charge is 2.07. The van der Waals surface area contributed by atoms with Gasteiger partial charge in [0.1, 0.15) is 11.5 Å². The molecule has 4 N–H and O–H groups in total. The van der Waals surface area contributed by atoms with E-state index in [-0.39, 0.29) is 18.4 Å². The smallest absolute Gasteiger partial charge is 0.211 e. The zero-order valence-electron chi connectivity index (χ0n) is 9.88. The van der Waals surface area contributed by atoms with Crippen molar-refractivity contribution in [3.63, 3.8) is 0 Å². The van der Waals surface area contributed by atoms with Gasteiger partial charge in [-0.2, -0.15) is 5.10 Å². The number of rotatable bonds is 4.